The first-order chi connectivity index (χ1) is 21.8. The molecule has 2 saturated carbocycles. The summed E-state index contributed by atoms with van der Waals surface area (Å²) in [4.78, 5) is 34.9. The lowest BCUT2D eigenvalue weighted by molar-refractivity contribution is -0.131. The Morgan fingerprint density at radius 3 is 2.49 bits per heavy atom. The summed E-state index contributed by atoms with van der Waals surface area (Å²) in [5, 5.41) is 13.7. The van der Waals surface area contributed by atoms with Gasteiger partial charge in [0, 0.05) is 41.8 Å². The van der Waals surface area contributed by atoms with Gasteiger partial charge < -0.3 is 19.6 Å². The van der Waals surface area contributed by atoms with Crippen molar-refractivity contribution in [3.8, 4) is 11.4 Å². The number of nitrogens with one attached hydrogen (secondary N) is 1. The molecule has 2 aliphatic carbocycles. The predicted octanol–water partition coefficient (Wildman–Crippen LogP) is 7.74. The zero-order valence-electron chi connectivity index (χ0n) is 26.1. The summed E-state index contributed by atoms with van der Waals surface area (Å²) in [5.41, 5.74) is 7.13. The Hall–Kier alpha value is -4.72. The van der Waals surface area contributed by atoms with Gasteiger partial charge in [0.1, 0.15) is 5.82 Å². The summed E-state index contributed by atoms with van der Waals surface area (Å²) in [7, 11) is 2.09. The number of fused-ring (bicyclic) bond motifs is 2. The van der Waals surface area contributed by atoms with E-state index < -0.39 is 11.5 Å². The number of aliphatic carboxylic acids is 1. The predicted molar refractivity (Wildman–Crippen MR) is 177 cm³/mol. The molecule has 7 rings (SSSR count). The first-order valence-electron chi connectivity index (χ1n) is 16.1. The molecule has 0 radical (unpaired) electrons. The van der Waals surface area contributed by atoms with E-state index in [-0.39, 0.29) is 11.9 Å². The molecule has 2 N–H and O–H groups in total. The first-order valence-corrected chi connectivity index (χ1v) is 16.1. The van der Waals surface area contributed by atoms with Gasteiger partial charge in [-0.3, -0.25) is 9.78 Å². The molecule has 1 amide bonds. The van der Waals surface area contributed by atoms with Gasteiger partial charge in [-0.15, -0.1) is 0 Å². The van der Waals surface area contributed by atoms with E-state index in [1.54, 1.807) is 6.08 Å². The molecule has 2 aliphatic rings. The van der Waals surface area contributed by atoms with Crippen LogP contribution >= 0.6 is 0 Å². The lowest BCUT2D eigenvalue weighted by atomic mass is 9.75. The fourth-order valence-electron chi connectivity index (χ4n) is 7.51. The molecule has 3 aromatic heterocycles. The van der Waals surface area contributed by atoms with Crippen LogP contribution in [0.4, 0.5) is 0 Å². The minimum Gasteiger partial charge on any atom is -0.478 e. The van der Waals surface area contributed by atoms with Crippen molar-refractivity contribution in [2.75, 3.05) is 0 Å². The summed E-state index contributed by atoms with van der Waals surface area (Å²) < 4.78 is 4.41. The van der Waals surface area contributed by atoms with Crippen molar-refractivity contribution in [3.05, 3.63) is 89.4 Å². The average molecular weight is 602 g/mol. The lowest BCUT2D eigenvalue weighted by Crippen LogP contribution is -2.52. The Bertz CT molecular complexity index is 1960. The minimum atomic E-state index is -0.986. The Kier molecular flexibility index (Phi) is 7.30. The monoisotopic (exact) mass is 601 g/mol. The van der Waals surface area contributed by atoms with Gasteiger partial charge in [-0.1, -0.05) is 31.0 Å². The normalized spacial score (nSPS) is 16.6. The number of carbonyl (C=O) groups is 2. The number of aryl methyl sites for hydroxylation is 1. The maximum absolute atomic E-state index is 14.1. The molecule has 8 nitrogen and oxygen atoms in total. The van der Waals surface area contributed by atoms with Crippen molar-refractivity contribution >= 4 is 39.9 Å². The zero-order valence-corrected chi connectivity index (χ0v) is 26.1. The fourth-order valence-corrected chi connectivity index (χ4v) is 7.51. The largest absolute Gasteiger partial charge is 0.478 e. The van der Waals surface area contributed by atoms with Gasteiger partial charge >= 0.3 is 5.97 Å². The standard InChI is InChI=1S/C37H39N5O3/c1-23(2)42-31-21-24(13-17-32(43)44)12-16-28(31)39-36(42)37(18-8-19-37)40-35(45)26-14-15-27-30(22-26)41(3)34(29-11-6-7-20-38-29)33(27)25-9-4-5-10-25/h6-7,11-17,20-23,25H,4-5,8-10,18-19H2,1-3H3,(H,40,45)(H,43,44)/b17-13+. The summed E-state index contributed by atoms with van der Waals surface area (Å²) in [6.07, 6.45) is 12.0. The topological polar surface area (TPSA) is 102 Å². The quantitative estimate of drug-likeness (QED) is 0.177. The molecule has 0 saturated heterocycles. The van der Waals surface area contributed by atoms with Gasteiger partial charge in [0.25, 0.3) is 5.91 Å². The number of amides is 1. The van der Waals surface area contributed by atoms with E-state index in [1.807, 2.05) is 48.7 Å². The third-order valence-electron chi connectivity index (χ3n) is 9.81. The second-order valence-corrected chi connectivity index (χ2v) is 13.0. The Morgan fingerprint density at radius 1 is 1.02 bits per heavy atom. The molecule has 0 aliphatic heterocycles. The zero-order chi connectivity index (χ0) is 31.3. The van der Waals surface area contributed by atoms with Crippen LogP contribution in [0.3, 0.4) is 0 Å². The van der Waals surface area contributed by atoms with Crippen molar-refractivity contribution in [1.82, 2.24) is 24.4 Å². The molecule has 0 bridgehead atoms. The number of hydrogen-bond donors (Lipinski definition) is 2. The number of benzene rings is 2. The van der Waals surface area contributed by atoms with Crippen molar-refractivity contribution in [2.45, 2.75) is 76.3 Å². The van der Waals surface area contributed by atoms with Gasteiger partial charge in [0.15, 0.2) is 0 Å². The SMILES string of the molecule is CC(C)n1c(C2(NC(=O)c3ccc4c(C5CCCC5)c(-c5ccccn5)n(C)c4c3)CCC2)nc2ccc(/C=C/C(=O)O)cc21. The third kappa shape index (κ3) is 5.02. The highest BCUT2D eigenvalue weighted by atomic mass is 16.4. The molecule has 5 aromatic rings. The van der Waals surface area contributed by atoms with E-state index in [2.05, 4.69) is 47.5 Å². The maximum Gasteiger partial charge on any atom is 0.328 e. The molecule has 0 unspecified atom stereocenters. The second-order valence-electron chi connectivity index (χ2n) is 13.0. The van der Waals surface area contributed by atoms with Crippen molar-refractivity contribution in [3.63, 3.8) is 0 Å². The first kappa shape index (κ1) is 29.0. The summed E-state index contributed by atoms with van der Waals surface area (Å²) in [6.45, 7) is 4.23. The summed E-state index contributed by atoms with van der Waals surface area (Å²) in [5.74, 6) is 0.257. The molecule has 8 heteroatoms. The van der Waals surface area contributed by atoms with Crippen LogP contribution < -0.4 is 5.32 Å². The molecule has 3 heterocycles. The lowest BCUT2D eigenvalue weighted by Gasteiger charge is -2.42. The van der Waals surface area contributed by atoms with Gasteiger partial charge in [-0.2, -0.15) is 0 Å². The van der Waals surface area contributed by atoms with Gasteiger partial charge in [-0.05, 0) is 105 Å². The van der Waals surface area contributed by atoms with E-state index in [0.717, 1.165) is 64.7 Å². The number of carboxylic acid groups (broad SMARTS) is 1. The maximum atomic E-state index is 14.1. The summed E-state index contributed by atoms with van der Waals surface area (Å²) in [6, 6.07) is 18.1. The number of carbonyl (C=O) groups excluding carboxylic acids is 1. The molecule has 45 heavy (non-hydrogen) atoms. The van der Waals surface area contributed by atoms with Gasteiger partial charge in [-0.25, -0.2) is 9.78 Å². The van der Waals surface area contributed by atoms with Crippen molar-refractivity contribution in [1.29, 1.82) is 0 Å². The highest BCUT2D eigenvalue weighted by Crippen LogP contribution is 2.45. The van der Waals surface area contributed by atoms with Crippen LogP contribution in [0.15, 0.2) is 66.9 Å². The third-order valence-corrected chi connectivity index (χ3v) is 9.81. The Morgan fingerprint density at radius 2 is 1.82 bits per heavy atom. The fraction of sp³-hybridized carbons (Fsp3) is 0.351. The minimum absolute atomic E-state index is 0.0943. The molecule has 2 fully saturated rings. The second kappa shape index (κ2) is 11.3. The molecular formula is C37H39N5O3. The number of rotatable bonds is 8. The highest BCUT2D eigenvalue weighted by Gasteiger charge is 2.45. The van der Waals surface area contributed by atoms with E-state index >= 15 is 0 Å². The molecular weight excluding hydrogens is 562 g/mol. The highest BCUT2D eigenvalue weighted by molar-refractivity contribution is 6.01. The smallest absolute Gasteiger partial charge is 0.328 e. The van der Waals surface area contributed by atoms with Gasteiger partial charge in [0.05, 0.1) is 28.0 Å². The number of hydrogen-bond acceptors (Lipinski definition) is 4. The van der Waals surface area contributed by atoms with E-state index in [1.165, 1.54) is 36.6 Å². The average Bonchev–Trinajstić information content (AvgIpc) is 3.74. The molecule has 0 atom stereocenters. The number of carboxylic acids is 1. The van der Waals surface area contributed by atoms with Crippen LogP contribution in [0.2, 0.25) is 0 Å². The van der Waals surface area contributed by atoms with E-state index in [9.17, 15) is 9.59 Å². The Balaban J connectivity index is 1.27. The van der Waals surface area contributed by atoms with Crippen LogP contribution in [0, 0.1) is 0 Å². The van der Waals surface area contributed by atoms with Crippen LogP contribution in [0.25, 0.3) is 39.4 Å². The number of nitrogens with zero attached hydrogens (tertiary/aromatic N) is 4. The van der Waals surface area contributed by atoms with Crippen LogP contribution in [-0.4, -0.2) is 36.1 Å². The van der Waals surface area contributed by atoms with Crippen LogP contribution in [0.1, 0.15) is 98.1 Å². The van der Waals surface area contributed by atoms with E-state index in [4.69, 9.17) is 15.1 Å². The number of aromatic nitrogens is 4. The van der Waals surface area contributed by atoms with E-state index in [0.29, 0.717) is 11.5 Å². The molecule has 230 valence electrons. The molecule has 0 spiro atoms. The Labute approximate surface area is 262 Å². The summed E-state index contributed by atoms with van der Waals surface area (Å²) >= 11 is 0. The molecule has 2 aromatic carbocycles. The van der Waals surface area contributed by atoms with Crippen molar-refractivity contribution < 1.29 is 14.7 Å². The van der Waals surface area contributed by atoms with Crippen LogP contribution in [-0.2, 0) is 17.4 Å². The number of pyridine rings is 1. The van der Waals surface area contributed by atoms with Crippen molar-refractivity contribution in [2.24, 2.45) is 7.05 Å². The number of imidazole rings is 1. The van der Waals surface area contributed by atoms with Crippen LogP contribution in [0.5, 0.6) is 0 Å². The van der Waals surface area contributed by atoms with Gasteiger partial charge in [0.2, 0.25) is 0 Å².